The molecule has 2 aromatic rings. The predicted octanol–water partition coefficient (Wildman–Crippen LogP) is 6.81. The normalized spacial score (nSPS) is 12.5. The van der Waals surface area contributed by atoms with Crippen LogP contribution in [0.5, 0.6) is 0 Å². The molecule has 180 valence electrons. The summed E-state index contributed by atoms with van der Waals surface area (Å²) in [7, 11) is 0. The monoisotopic (exact) mass is 469 g/mol. The number of esters is 1. The minimum Gasteiger partial charge on any atom is -0.466 e. The maximum absolute atomic E-state index is 15.6. The van der Waals surface area contributed by atoms with Crippen LogP contribution in [-0.2, 0) is 22.1 Å². The van der Waals surface area contributed by atoms with Gasteiger partial charge >= 0.3 is 12.1 Å². The van der Waals surface area contributed by atoms with Crippen molar-refractivity contribution in [3.05, 3.63) is 70.8 Å². The lowest BCUT2D eigenvalue weighted by Crippen LogP contribution is -2.20. The third-order valence-electron chi connectivity index (χ3n) is 5.28. The Morgan fingerprint density at radius 1 is 1.18 bits per heavy atom. The van der Waals surface area contributed by atoms with Gasteiger partial charge in [-0.3, -0.25) is 4.79 Å². The highest BCUT2D eigenvalue weighted by Gasteiger charge is 2.34. The molecule has 0 aliphatic carbocycles. The Kier molecular flexibility index (Phi) is 9.16. The standard InChI is InChI=1S/C25H28F5NO2/c1-4-6-7-8-9-16-11-18(26)10-15(3)23(16)20-13-17(25(28,29)30)12-19(24(20)27)21(31)14-22(32)33-5-2/h4,10-13,21H,1,5-9,14,31H2,2-3H3/t21-/m0/s1. The van der Waals surface area contributed by atoms with Gasteiger partial charge in [-0.05, 0) is 80.5 Å². The summed E-state index contributed by atoms with van der Waals surface area (Å²) in [5.41, 5.74) is 4.95. The fourth-order valence-corrected chi connectivity index (χ4v) is 3.77. The lowest BCUT2D eigenvalue weighted by molar-refractivity contribution is -0.143. The summed E-state index contributed by atoms with van der Waals surface area (Å²) in [5, 5.41) is 0. The van der Waals surface area contributed by atoms with E-state index in [0.29, 0.717) is 36.1 Å². The van der Waals surface area contributed by atoms with Crippen molar-refractivity contribution < 1.29 is 31.5 Å². The molecule has 0 aromatic heterocycles. The number of halogens is 5. The summed E-state index contributed by atoms with van der Waals surface area (Å²) < 4.78 is 75.5. The summed E-state index contributed by atoms with van der Waals surface area (Å²) in [6.07, 6.45) is -1.07. The Balaban J connectivity index is 2.66. The number of allylic oxidation sites excluding steroid dienone is 1. The molecule has 33 heavy (non-hydrogen) atoms. The molecule has 0 unspecified atom stereocenters. The topological polar surface area (TPSA) is 52.3 Å². The smallest absolute Gasteiger partial charge is 0.416 e. The van der Waals surface area contributed by atoms with E-state index in [9.17, 15) is 22.4 Å². The molecule has 0 bridgehead atoms. The maximum Gasteiger partial charge on any atom is 0.416 e. The van der Waals surface area contributed by atoms with E-state index in [4.69, 9.17) is 10.5 Å². The molecule has 0 heterocycles. The van der Waals surface area contributed by atoms with E-state index in [0.717, 1.165) is 18.9 Å². The van der Waals surface area contributed by atoms with Gasteiger partial charge in [0.2, 0.25) is 0 Å². The molecule has 8 heteroatoms. The molecule has 3 nitrogen and oxygen atoms in total. The van der Waals surface area contributed by atoms with Crippen molar-refractivity contribution in [1.82, 2.24) is 0 Å². The van der Waals surface area contributed by atoms with Crippen molar-refractivity contribution in [2.24, 2.45) is 5.73 Å². The molecule has 2 rings (SSSR count). The predicted molar refractivity (Wildman–Crippen MR) is 117 cm³/mol. The molecule has 0 fully saturated rings. The van der Waals surface area contributed by atoms with Gasteiger partial charge in [0.15, 0.2) is 0 Å². The second-order valence-corrected chi connectivity index (χ2v) is 7.83. The van der Waals surface area contributed by atoms with E-state index in [1.54, 1.807) is 13.0 Å². The first-order valence-electron chi connectivity index (χ1n) is 10.7. The Hall–Kier alpha value is -2.74. The van der Waals surface area contributed by atoms with Crippen molar-refractivity contribution in [3.63, 3.8) is 0 Å². The fourth-order valence-electron chi connectivity index (χ4n) is 3.77. The summed E-state index contributed by atoms with van der Waals surface area (Å²) in [6, 6.07) is 2.35. The van der Waals surface area contributed by atoms with Gasteiger partial charge in [0, 0.05) is 17.2 Å². The first-order valence-corrected chi connectivity index (χ1v) is 10.7. The number of carbonyl (C=O) groups excluding carboxylic acids is 1. The van der Waals surface area contributed by atoms with Gasteiger partial charge in [-0.15, -0.1) is 6.58 Å². The minimum absolute atomic E-state index is 0.0614. The second-order valence-electron chi connectivity index (χ2n) is 7.83. The summed E-state index contributed by atoms with van der Waals surface area (Å²) in [6.45, 7) is 6.79. The molecular formula is C25H28F5NO2. The summed E-state index contributed by atoms with van der Waals surface area (Å²) >= 11 is 0. The van der Waals surface area contributed by atoms with Crippen LogP contribution >= 0.6 is 0 Å². The quantitative estimate of drug-likeness (QED) is 0.180. The molecule has 0 radical (unpaired) electrons. The number of rotatable bonds is 10. The largest absolute Gasteiger partial charge is 0.466 e. The van der Waals surface area contributed by atoms with Crippen LogP contribution in [0.3, 0.4) is 0 Å². The molecule has 2 N–H and O–H groups in total. The van der Waals surface area contributed by atoms with E-state index < -0.39 is 47.4 Å². The van der Waals surface area contributed by atoms with Gasteiger partial charge in [-0.25, -0.2) is 8.78 Å². The van der Waals surface area contributed by atoms with Crippen molar-refractivity contribution in [3.8, 4) is 11.1 Å². The van der Waals surface area contributed by atoms with Crippen LogP contribution in [0.15, 0.2) is 36.9 Å². The van der Waals surface area contributed by atoms with Crippen molar-refractivity contribution in [1.29, 1.82) is 0 Å². The Labute approximate surface area is 190 Å². The molecule has 0 saturated heterocycles. The zero-order valence-corrected chi connectivity index (χ0v) is 18.7. The van der Waals surface area contributed by atoms with Crippen LogP contribution < -0.4 is 5.73 Å². The van der Waals surface area contributed by atoms with Crippen LogP contribution in [-0.4, -0.2) is 12.6 Å². The van der Waals surface area contributed by atoms with Crippen LogP contribution in [0.25, 0.3) is 11.1 Å². The molecule has 0 aliphatic rings. The molecule has 0 saturated carbocycles. The molecule has 0 spiro atoms. The van der Waals surface area contributed by atoms with Crippen LogP contribution in [0, 0.1) is 18.6 Å². The number of carbonyl (C=O) groups is 1. The highest BCUT2D eigenvalue weighted by molar-refractivity contribution is 5.74. The number of nitrogens with two attached hydrogens (primary N) is 1. The summed E-state index contributed by atoms with van der Waals surface area (Å²) in [4.78, 5) is 11.8. The first-order chi connectivity index (χ1) is 15.5. The zero-order chi connectivity index (χ0) is 24.8. The highest BCUT2D eigenvalue weighted by atomic mass is 19.4. The number of unbranched alkanes of at least 4 members (excludes halogenated alkanes) is 2. The summed E-state index contributed by atoms with van der Waals surface area (Å²) in [5.74, 6) is -2.27. The Morgan fingerprint density at radius 3 is 2.48 bits per heavy atom. The minimum atomic E-state index is -4.78. The molecule has 2 aromatic carbocycles. The van der Waals surface area contributed by atoms with Crippen LogP contribution in [0.1, 0.15) is 60.9 Å². The molecular weight excluding hydrogens is 441 g/mol. The fraction of sp³-hybridized carbons (Fsp3) is 0.400. The van der Waals surface area contributed by atoms with E-state index in [1.807, 2.05) is 0 Å². The highest BCUT2D eigenvalue weighted by Crippen LogP contribution is 2.40. The average Bonchev–Trinajstić information content (AvgIpc) is 2.70. The van der Waals surface area contributed by atoms with E-state index in [-0.39, 0.29) is 17.7 Å². The number of ether oxygens (including phenoxy) is 1. The molecule has 0 amide bonds. The Morgan fingerprint density at radius 2 is 1.88 bits per heavy atom. The van der Waals surface area contributed by atoms with Crippen LogP contribution in [0.4, 0.5) is 22.0 Å². The second kappa shape index (κ2) is 11.4. The van der Waals surface area contributed by atoms with Gasteiger partial charge in [0.25, 0.3) is 0 Å². The van der Waals surface area contributed by atoms with Crippen molar-refractivity contribution >= 4 is 5.97 Å². The lowest BCUT2D eigenvalue weighted by atomic mass is 9.88. The van der Waals surface area contributed by atoms with Crippen LogP contribution in [0.2, 0.25) is 0 Å². The van der Waals surface area contributed by atoms with Gasteiger partial charge in [0.05, 0.1) is 18.6 Å². The lowest BCUT2D eigenvalue weighted by Gasteiger charge is -2.21. The van der Waals surface area contributed by atoms with Gasteiger partial charge in [-0.2, -0.15) is 13.2 Å². The number of aryl methyl sites for hydroxylation is 2. The van der Waals surface area contributed by atoms with Gasteiger partial charge in [0.1, 0.15) is 11.6 Å². The Bertz CT molecular complexity index is 1000. The van der Waals surface area contributed by atoms with Gasteiger partial charge < -0.3 is 10.5 Å². The molecule has 1 atom stereocenters. The number of hydrogen-bond acceptors (Lipinski definition) is 3. The molecule has 0 aliphatic heterocycles. The average molecular weight is 469 g/mol. The van der Waals surface area contributed by atoms with Crippen molar-refractivity contribution in [2.45, 2.75) is 58.2 Å². The number of benzene rings is 2. The van der Waals surface area contributed by atoms with E-state index in [1.165, 1.54) is 13.0 Å². The maximum atomic E-state index is 15.6. The SMILES string of the molecule is C=CCCCCc1cc(F)cc(C)c1-c1cc(C(F)(F)F)cc([C@@H](N)CC(=O)OCC)c1F. The number of hydrogen-bond donors (Lipinski definition) is 1. The third-order valence-corrected chi connectivity index (χ3v) is 5.28. The third kappa shape index (κ3) is 6.87. The zero-order valence-electron chi connectivity index (χ0n) is 18.7. The van der Waals surface area contributed by atoms with E-state index >= 15 is 4.39 Å². The van der Waals surface area contributed by atoms with E-state index in [2.05, 4.69) is 6.58 Å². The van der Waals surface area contributed by atoms with Crippen molar-refractivity contribution in [2.75, 3.05) is 6.61 Å². The van der Waals surface area contributed by atoms with Gasteiger partial charge in [-0.1, -0.05) is 6.08 Å². The first kappa shape index (κ1) is 26.5. The number of alkyl halides is 3.